The van der Waals surface area contributed by atoms with Crippen LogP contribution in [0.5, 0.6) is 0 Å². The number of hydrogen-bond donors (Lipinski definition) is 6. The van der Waals surface area contributed by atoms with E-state index < -0.39 is 49.0 Å². The highest BCUT2D eigenvalue weighted by atomic mass is 19.1. The van der Waals surface area contributed by atoms with Crippen LogP contribution >= 0.6 is 0 Å². The van der Waals surface area contributed by atoms with E-state index in [1.807, 2.05) is 0 Å². The third-order valence-corrected chi connectivity index (χ3v) is 7.51. The number of amides is 3. The smallest absolute Gasteiger partial charge is 0.450 e. The fourth-order valence-corrected chi connectivity index (χ4v) is 5.13. The molecule has 15 heteroatoms. The first kappa shape index (κ1) is 31.3. The molecule has 0 saturated carbocycles. The number of aliphatic hydroxyl groups is 1. The maximum atomic E-state index is 13.6. The summed E-state index contributed by atoms with van der Waals surface area (Å²) in [5.74, 6) is -1.41. The number of nitrogens with zero attached hydrogens (tertiary/aromatic N) is 1. The van der Waals surface area contributed by atoms with Crippen LogP contribution in [0.3, 0.4) is 0 Å². The molecule has 1 saturated heterocycles. The van der Waals surface area contributed by atoms with Gasteiger partial charge in [-0.2, -0.15) is 4.39 Å². The van der Waals surface area contributed by atoms with Crippen molar-refractivity contribution in [2.45, 2.75) is 57.0 Å². The first-order chi connectivity index (χ1) is 20.1. The molecule has 1 unspecified atom stereocenters. The molecular weight excluding hydrogens is 549 g/mol. The number of unbranched alkanes of at least 4 members (excludes halogenated alkanes) is 1. The number of rotatable bonds is 12. The normalized spacial score (nSPS) is 18.4. The van der Waals surface area contributed by atoms with Gasteiger partial charge in [0.05, 0.1) is 19.3 Å². The molecule has 0 aromatic heterocycles. The molecule has 2 aromatic carbocycles. The molecule has 2 aliphatic heterocycles. The first-order valence-electron chi connectivity index (χ1n) is 13.6. The Morgan fingerprint density at radius 2 is 1.93 bits per heavy atom. The highest BCUT2D eigenvalue weighted by Crippen LogP contribution is 2.22. The third-order valence-electron chi connectivity index (χ3n) is 7.51. The van der Waals surface area contributed by atoms with Gasteiger partial charge in [-0.15, -0.1) is 0 Å². The Morgan fingerprint density at radius 1 is 1.17 bits per heavy atom. The van der Waals surface area contributed by atoms with Crippen molar-refractivity contribution < 1.29 is 43.4 Å². The van der Waals surface area contributed by atoms with E-state index >= 15 is 0 Å². The number of halogens is 1. The lowest BCUT2D eigenvalue weighted by molar-refractivity contribution is -0.131. The summed E-state index contributed by atoms with van der Waals surface area (Å²) in [5, 5.41) is 34.6. The lowest BCUT2D eigenvalue weighted by atomic mass is 9.79. The molecular formula is C27H32B2FN4O8. The van der Waals surface area contributed by atoms with Crippen LogP contribution in [-0.2, 0) is 27.5 Å². The van der Waals surface area contributed by atoms with E-state index in [0.717, 1.165) is 13.0 Å². The number of nitrogens with one attached hydrogen (secondary N) is 2. The number of hydrogen-bond acceptors (Lipinski definition) is 9. The predicted molar refractivity (Wildman–Crippen MR) is 150 cm³/mol. The minimum atomic E-state index is -1.59. The average Bonchev–Trinajstić information content (AvgIpc) is 3.58. The zero-order chi connectivity index (χ0) is 30.4. The lowest BCUT2D eigenvalue weighted by Crippen LogP contribution is -2.46. The summed E-state index contributed by atoms with van der Waals surface area (Å²) in [6.07, 6.45) is 1.09. The molecule has 0 bridgehead atoms. The molecule has 2 heterocycles. The van der Waals surface area contributed by atoms with Crippen molar-refractivity contribution in [2.24, 2.45) is 5.73 Å². The second-order valence-electron chi connectivity index (χ2n) is 10.4. The average molecular weight is 581 g/mol. The van der Waals surface area contributed by atoms with Crippen LogP contribution in [0.25, 0.3) is 0 Å². The topological polar surface area (TPSA) is 192 Å². The van der Waals surface area contributed by atoms with E-state index in [2.05, 4.69) is 10.6 Å². The molecule has 0 spiro atoms. The SMILES string of the molecule is N[C@@H](CCCCNC(=O)C1C[C@H](NC(=O)c2ccc3c(c2)B(O)OC3)CN1C(=O)c1ccc(CO)c([B]O)c1)C(=O)F. The van der Waals surface area contributed by atoms with Crippen molar-refractivity contribution in [1.29, 1.82) is 0 Å². The highest BCUT2D eigenvalue weighted by Gasteiger charge is 2.41. The molecule has 12 nitrogen and oxygen atoms in total. The number of carbonyl (C=O) groups excluding carboxylic acids is 4. The van der Waals surface area contributed by atoms with Crippen LogP contribution in [0.15, 0.2) is 36.4 Å². The van der Waals surface area contributed by atoms with Crippen LogP contribution in [0.4, 0.5) is 4.39 Å². The molecule has 1 radical (unpaired) electrons. The standard InChI is InChI=1S/C27H32B2FN4O8/c30-24(36)22(31)3-1-2-8-32-26(38)23-11-19(33-25(37)15-4-7-18-14-42-29(41)21(18)10-15)12-34(23)27(39)16-5-6-17(13-35)20(9-16)28-40/h4-7,9-10,19,22-23,35,40-41H,1-3,8,11-14,31H2,(H,32,38)(H,33,37)/t19-,22-,23?/m0/s1. The summed E-state index contributed by atoms with van der Waals surface area (Å²) in [5.41, 5.74) is 7.80. The van der Waals surface area contributed by atoms with Crippen molar-refractivity contribution in [3.05, 3.63) is 58.7 Å². The number of likely N-dealkylation sites (tertiary alicyclic amines) is 1. The number of aliphatic hydroxyl groups excluding tert-OH is 1. The van der Waals surface area contributed by atoms with Crippen LogP contribution < -0.4 is 27.3 Å². The van der Waals surface area contributed by atoms with E-state index in [1.54, 1.807) is 18.2 Å². The zero-order valence-electron chi connectivity index (χ0n) is 22.8. The van der Waals surface area contributed by atoms with E-state index in [9.17, 15) is 38.7 Å². The predicted octanol–water partition coefficient (Wildman–Crippen LogP) is -2.24. The maximum absolute atomic E-state index is 13.6. The molecule has 7 N–H and O–H groups in total. The largest absolute Gasteiger partial charge is 0.491 e. The Morgan fingerprint density at radius 3 is 2.64 bits per heavy atom. The minimum Gasteiger partial charge on any atom is -0.450 e. The van der Waals surface area contributed by atoms with Gasteiger partial charge in [-0.1, -0.05) is 18.2 Å². The molecule has 1 fully saturated rings. The molecule has 3 amide bonds. The van der Waals surface area contributed by atoms with E-state index in [4.69, 9.17) is 10.4 Å². The van der Waals surface area contributed by atoms with E-state index in [0.29, 0.717) is 23.9 Å². The van der Waals surface area contributed by atoms with Crippen LogP contribution in [0, 0.1) is 0 Å². The molecule has 42 heavy (non-hydrogen) atoms. The van der Waals surface area contributed by atoms with Gasteiger partial charge in [-0.25, -0.2) is 0 Å². The van der Waals surface area contributed by atoms with Gasteiger partial charge in [-0.3, -0.25) is 19.2 Å². The van der Waals surface area contributed by atoms with Gasteiger partial charge < -0.3 is 41.1 Å². The van der Waals surface area contributed by atoms with E-state index in [1.165, 1.54) is 23.1 Å². The summed E-state index contributed by atoms with van der Waals surface area (Å²) < 4.78 is 17.8. The summed E-state index contributed by atoms with van der Waals surface area (Å²) in [6, 6.07) is 4.92. The summed E-state index contributed by atoms with van der Waals surface area (Å²) >= 11 is 0. The Hall–Kier alpha value is -3.62. The lowest BCUT2D eigenvalue weighted by Gasteiger charge is -2.24. The fraction of sp³-hybridized carbons (Fsp3) is 0.407. The van der Waals surface area contributed by atoms with Crippen molar-refractivity contribution in [3.8, 4) is 0 Å². The van der Waals surface area contributed by atoms with Crippen LogP contribution in [-0.4, -0.2) is 89.6 Å². The van der Waals surface area contributed by atoms with Crippen molar-refractivity contribution in [3.63, 3.8) is 0 Å². The molecule has 2 aliphatic rings. The number of nitrogens with two attached hydrogens (primary N) is 1. The molecule has 3 atom stereocenters. The molecule has 221 valence electrons. The number of fused-ring (bicyclic) bond motifs is 1. The Labute approximate surface area is 242 Å². The van der Waals surface area contributed by atoms with Crippen LogP contribution in [0.2, 0.25) is 0 Å². The highest BCUT2D eigenvalue weighted by molar-refractivity contribution is 6.61. The summed E-state index contributed by atoms with van der Waals surface area (Å²) in [6.45, 7) is 0.118. The molecule has 2 aromatic rings. The zero-order valence-corrected chi connectivity index (χ0v) is 22.8. The van der Waals surface area contributed by atoms with Gasteiger partial charge in [0.25, 0.3) is 11.8 Å². The van der Waals surface area contributed by atoms with Gasteiger partial charge in [0.2, 0.25) is 5.91 Å². The summed E-state index contributed by atoms with van der Waals surface area (Å²) in [7, 11) is -0.340. The van der Waals surface area contributed by atoms with Gasteiger partial charge in [0.15, 0.2) is 0 Å². The van der Waals surface area contributed by atoms with Gasteiger partial charge in [0.1, 0.15) is 6.04 Å². The van der Waals surface area contributed by atoms with Gasteiger partial charge in [0, 0.05) is 30.3 Å². The molecule has 0 aliphatic carbocycles. The second-order valence-corrected chi connectivity index (χ2v) is 10.4. The van der Waals surface area contributed by atoms with Crippen LogP contribution in [0.1, 0.15) is 57.5 Å². The Bertz CT molecular complexity index is 1350. The van der Waals surface area contributed by atoms with Gasteiger partial charge >= 0.3 is 20.6 Å². The fourth-order valence-electron chi connectivity index (χ4n) is 5.13. The number of benzene rings is 2. The maximum Gasteiger partial charge on any atom is 0.491 e. The Balaban J connectivity index is 1.46. The van der Waals surface area contributed by atoms with E-state index in [-0.39, 0.29) is 55.7 Å². The Kier molecular flexibility index (Phi) is 10.5. The molecule has 4 rings (SSSR count). The van der Waals surface area contributed by atoms with Crippen molar-refractivity contribution in [1.82, 2.24) is 15.5 Å². The second kappa shape index (κ2) is 14.0. The van der Waals surface area contributed by atoms with Crippen molar-refractivity contribution in [2.75, 3.05) is 13.1 Å². The number of carbonyl (C=O) groups is 4. The van der Waals surface area contributed by atoms with Crippen molar-refractivity contribution >= 4 is 49.3 Å². The third kappa shape index (κ3) is 7.23. The first-order valence-corrected chi connectivity index (χ1v) is 13.6. The monoisotopic (exact) mass is 581 g/mol. The minimum absolute atomic E-state index is 0.0206. The summed E-state index contributed by atoms with van der Waals surface area (Å²) in [4.78, 5) is 51.9. The quantitative estimate of drug-likeness (QED) is 0.0914. The van der Waals surface area contributed by atoms with Gasteiger partial charge in [-0.05, 0) is 65.9 Å².